The highest BCUT2D eigenvalue weighted by Crippen LogP contribution is 2.25. The van der Waals surface area contributed by atoms with Gasteiger partial charge in [-0.1, -0.05) is 28.1 Å². The van der Waals surface area contributed by atoms with E-state index in [0.717, 1.165) is 11.1 Å². The first-order chi connectivity index (χ1) is 14.4. The Morgan fingerprint density at radius 1 is 1.20 bits per heavy atom. The van der Waals surface area contributed by atoms with Crippen molar-refractivity contribution in [2.45, 2.75) is 20.4 Å². The molecule has 0 bridgehead atoms. The number of benzene rings is 2. The smallest absolute Gasteiger partial charge is 0.282 e. The van der Waals surface area contributed by atoms with E-state index >= 15 is 0 Å². The fraction of sp³-hybridized carbons (Fsp3) is 0.150. The van der Waals surface area contributed by atoms with E-state index in [9.17, 15) is 9.18 Å². The van der Waals surface area contributed by atoms with Crippen LogP contribution in [0.3, 0.4) is 0 Å². The summed E-state index contributed by atoms with van der Waals surface area (Å²) in [6.07, 6.45) is 0. The number of carbonyl (C=O) groups excluding carboxylic acids is 1. The molecule has 2 heterocycles. The van der Waals surface area contributed by atoms with Crippen LogP contribution in [0.15, 0.2) is 47.0 Å². The molecular formula is C20H18FN7O2. The Morgan fingerprint density at radius 3 is 2.70 bits per heavy atom. The maximum absolute atomic E-state index is 13.1. The number of rotatable bonds is 5. The number of nitrogens with two attached hydrogens (primary N) is 1. The minimum Gasteiger partial charge on any atom is -0.382 e. The summed E-state index contributed by atoms with van der Waals surface area (Å²) >= 11 is 0. The third kappa shape index (κ3) is 3.88. The van der Waals surface area contributed by atoms with Crippen LogP contribution in [-0.2, 0) is 11.3 Å². The SMILES string of the molecule is Cc1ccc(NC(=O)Cn2nnc(-c3nc(-c4ccc(F)cc4)no3)c2N)c(C)c1. The highest BCUT2D eigenvalue weighted by Gasteiger charge is 2.20. The number of nitrogen functional groups attached to an aromatic ring is 1. The van der Waals surface area contributed by atoms with E-state index in [-0.39, 0.29) is 41.5 Å². The van der Waals surface area contributed by atoms with Gasteiger partial charge in [0.25, 0.3) is 5.89 Å². The van der Waals surface area contributed by atoms with Crippen LogP contribution in [-0.4, -0.2) is 31.0 Å². The largest absolute Gasteiger partial charge is 0.382 e. The average molecular weight is 407 g/mol. The number of anilines is 2. The Kier molecular flexibility index (Phi) is 4.97. The molecular weight excluding hydrogens is 389 g/mol. The van der Waals surface area contributed by atoms with E-state index in [1.165, 1.54) is 28.9 Å². The molecule has 2 aromatic heterocycles. The van der Waals surface area contributed by atoms with Crippen LogP contribution >= 0.6 is 0 Å². The van der Waals surface area contributed by atoms with Gasteiger partial charge in [0.15, 0.2) is 11.5 Å². The maximum atomic E-state index is 13.1. The minimum atomic E-state index is -0.367. The molecule has 1 amide bonds. The summed E-state index contributed by atoms with van der Waals surface area (Å²) in [5, 5.41) is 14.5. The molecule has 10 heteroatoms. The van der Waals surface area contributed by atoms with Gasteiger partial charge in [0.2, 0.25) is 11.7 Å². The molecule has 3 N–H and O–H groups in total. The van der Waals surface area contributed by atoms with E-state index in [1.807, 2.05) is 32.0 Å². The van der Waals surface area contributed by atoms with Crippen LogP contribution in [0.5, 0.6) is 0 Å². The number of nitrogens with zero attached hydrogens (tertiary/aromatic N) is 5. The van der Waals surface area contributed by atoms with Crippen LogP contribution in [0.2, 0.25) is 0 Å². The first-order valence-corrected chi connectivity index (χ1v) is 9.07. The monoisotopic (exact) mass is 407 g/mol. The van der Waals surface area contributed by atoms with Gasteiger partial charge in [-0.2, -0.15) is 4.98 Å². The molecule has 0 unspecified atom stereocenters. The lowest BCUT2D eigenvalue weighted by molar-refractivity contribution is -0.116. The van der Waals surface area contributed by atoms with Gasteiger partial charge < -0.3 is 15.6 Å². The van der Waals surface area contributed by atoms with Crippen molar-refractivity contribution in [3.63, 3.8) is 0 Å². The lowest BCUT2D eigenvalue weighted by Crippen LogP contribution is -2.21. The van der Waals surface area contributed by atoms with Crippen molar-refractivity contribution < 1.29 is 13.7 Å². The summed E-state index contributed by atoms with van der Waals surface area (Å²) < 4.78 is 19.5. The van der Waals surface area contributed by atoms with Crippen LogP contribution in [0.1, 0.15) is 11.1 Å². The number of hydrogen-bond donors (Lipinski definition) is 2. The fourth-order valence-electron chi connectivity index (χ4n) is 2.90. The second-order valence-electron chi connectivity index (χ2n) is 6.78. The summed E-state index contributed by atoms with van der Waals surface area (Å²) in [4.78, 5) is 16.6. The molecule has 4 aromatic rings. The molecule has 9 nitrogen and oxygen atoms in total. The first kappa shape index (κ1) is 19.2. The standard InChI is InChI=1S/C20H18FN7O2/c1-11-3-8-15(12(2)9-11)23-16(29)10-28-18(22)17(25-27-28)20-24-19(26-30-20)13-4-6-14(21)7-5-13/h3-9H,10,22H2,1-2H3,(H,23,29). The Balaban J connectivity index is 1.50. The van der Waals surface area contributed by atoms with E-state index in [0.29, 0.717) is 11.3 Å². The van der Waals surface area contributed by atoms with Gasteiger partial charge in [-0.15, -0.1) is 5.10 Å². The second-order valence-corrected chi connectivity index (χ2v) is 6.78. The summed E-state index contributed by atoms with van der Waals surface area (Å²) in [5.41, 5.74) is 9.59. The molecule has 2 aromatic carbocycles. The third-order valence-corrected chi connectivity index (χ3v) is 4.45. The van der Waals surface area contributed by atoms with Crippen molar-refractivity contribution in [1.29, 1.82) is 0 Å². The van der Waals surface area contributed by atoms with Crippen molar-refractivity contribution in [3.8, 4) is 23.0 Å². The molecule has 4 rings (SSSR count). The molecule has 0 fully saturated rings. The topological polar surface area (TPSA) is 125 Å². The van der Waals surface area contributed by atoms with Crippen LogP contribution in [0.4, 0.5) is 15.9 Å². The number of halogens is 1. The summed E-state index contributed by atoms with van der Waals surface area (Å²) in [7, 11) is 0. The normalized spacial score (nSPS) is 10.9. The Bertz CT molecular complexity index is 1210. The predicted octanol–water partition coefficient (Wildman–Crippen LogP) is 2.97. The third-order valence-electron chi connectivity index (χ3n) is 4.45. The molecule has 0 aliphatic carbocycles. The number of aryl methyl sites for hydroxylation is 2. The number of amides is 1. The van der Waals surface area contributed by atoms with Gasteiger partial charge in [-0.3, -0.25) is 4.79 Å². The molecule has 0 atom stereocenters. The number of carbonyl (C=O) groups is 1. The zero-order valence-corrected chi connectivity index (χ0v) is 16.3. The van der Waals surface area contributed by atoms with Crippen LogP contribution < -0.4 is 11.1 Å². The Morgan fingerprint density at radius 2 is 1.97 bits per heavy atom. The van der Waals surface area contributed by atoms with Gasteiger partial charge in [-0.25, -0.2) is 9.07 Å². The molecule has 0 radical (unpaired) electrons. The molecule has 0 aliphatic heterocycles. The quantitative estimate of drug-likeness (QED) is 0.521. The van der Waals surface area contributed by atoms with Crippen molar-refractivity contribution >= 4 is 17.4 Å². The highest BCUT2D eigenvalue weighted by molar-refractivity contribution is 5.91. The second kappa shape index (κ2) is 7.74. The number of nitrogens with one attached hydrogen (secondary N) is 1. The van der Waals surface area contributed by atoms with Gasteiger partial charge >= 0.3 is 0 Å². The van der Waals surface area contributed by atoms with Gasteiger partial charge in [0.1, 0.15) is 12.4 Å². The van der Waals surface area contributed by atoms with Crippen molar-refractivity contribution in [2.24, 2.45) is 0 Å². The van der Waals surface area contributed by atoms with E-state index in [2.05, 4.69) is 25.8 Å². The number of aromatic nitrogens is 5. The van der Waals surface area contributed by atoms with E-state index in [4.69, 9.17) is 10.3 Å². The molecule has 0 saturated carbocycles. The van der Waals surface area contributed by atoms with Gasteiger partial charge in [-0.05, 0) is 49.7 Å². The van der Waals surface area contributed by atoms with E-state index in [1.54, 1.807) is 0 Å². The van der Waals surface area contributed by atoms with Crippen LogP contribution in [0, 0.1) is 19.7 Å². The minimum absolute atomic E-state index is 0.0489. The molecule has 0 spiro atoms. The lowest BCUT2D eigenvalue weighted by Gasteiger charge is -2.09. The maximum Gasteiger partial charge on any atom is 0.282 e. The molecule has 0 aliphatic rings. The number of hydrogen-bond acceptors (Lipinski definition) is 7. The van der Waals surface area contributed by atoms with Crippen LogP contribution in [0.25, 0.3) is 23.0 Å². The molecule has 30 heavy (non-hydrogen) atoms. The zero-order valence-electron chi connectivity index (χ0n) is 16.3. The summed E-state index contributed by atoms with van der Waals surface area (Å²) in [6.45, 7) is 3.76. The van der Waals surface area contributed by atoms with Gasteiger partial charge in [0, 0.05) is 11.3 Å². The molecule has 152 valence electrons. The van der Waals surface area contributed by atoms with Crippen molar-refractivity contribution in [2.75, 3.05) is 11.1 Å². The highest BCUT2D eigenvalue weighted by atomic mass is 19.1. The van der Waals surface area contributed by atoms with E-state index < -0.39 is 0 Å². The van der Waals surface area contributed by atoms with Crippen molar-refractivity contribution in [1.82, 2.24) is 25.1 Å². The Hall–Kier alpha value is -4.08. The predicted molar refractivity (Wildman–Crippen MR) is 108 cm³/mol. The molecule has 0 saturated heterocycles. The summed E-state index contributed by atoms with van der Waals surface area (Å²) in [5.74, 6) is -0.254. The zero-order chi connectivity index (χ0) is 21.3. The first-order valence-electron chi connectivity index (χ1n) is 9.07. The van der Waals surface area contributed by atoms with Crippen molar-refractivity contribution in [3.05, 3.63) is 59.4 Å². The summed E-state index contributed by atoms with van der Waals surface area (Å²) in [6, 6.07) is 11.4. The average Bonchev–Trinajstić information content (AvgIpc) is 3.32. The Labute approximate surface area is 170 Å². The fourth-order valence-corrected chi connectivity index (χ4v) is 2.90. The lowest BCUT2D eigenvalue weighted by atomic mass is 10.1. The van der Waals surface area contributed by atoms with Gasteiger partial charge in [0.05, 0.1) is 0 Å².